The van der Waals surface area contributed by atoms with Gasteiger partial charge in [0.1, 0.15) is 0 Å². The molecule has 0 aliphatic carbocycles. The summed E-state index contributed by atoms with van der Waals surface area (Å²) in [4.78, 5) is 19.8. The highest BCUT2D eigenvalue weighted by Crippen LogP contribution is 1.42. The van der Waals surface area contributed by atoms with E-state index in [0.717, 1.165) is 0 Å². The molecule has 8 nitrogen and oxygen atoms in total. The van der Waals surface area contributed by atoms with Crippen LogP contribution in [0.1, 0.15) is 0 Å². The Labute approximate surface area is 52.5 Å². The van der Waals surface area contributed by atoms with E-state index in [1.54, 1.807) is 0 Å². The van der Waals surface area contributed by atoms with Gasteiger partial charge in [-0.25, -0.2) is 4.79 Å². The van der Waals surface area contributed by atoms with E-state index in [0.29, 0.717) is 0 Å². The molecule has 8 heteroatoms. The molecule has 0 atom stereocenters. The van der Waals surface area contributed by atoms with E-state index in [9.17, 15) is 14.8 Å². The minimum absolute atomic E-state index is 0.184. The summed E-state index contributed by atoms with van der Waals surface area (Å²) < 4.78 is 0. The molecule has 0 spiro atoms. The van der Waals surface area contributed by atoms with Gasteiger partial charge in [-0.05, 0) is 5.10 Å². The summed E-state index contributed by atoms with van der Waals surface area (Å²) in [6, 6.07) is 0. The highest BCUT2D eigenvalue weighted by atomic mass is 16.5. The van der Waals surface area contributed by atoms with Gasteiger partial charge in [-0.3, -0.25) is 0 Å². The summed E-state index contributed by atoms with van der Waals surface area (Å²) in [5, 5.41) is 22.5. The Bertz CT molecular complexity index is 313. The molecule has 2 N–H and O–H groups in total. The van der Waals surface area contributed by atoms with Gasteiger partial charge < -0.3 is 10.4 Å². The van der Waals surface area contributed by atoms with Crippen LogP contribution in [-0.2, 0) is 0 Å². The van der Waals surface area contributed by atoms with Gasteiger partial charge >= 0.3 is 11.4 Å². The Morgan fingerprint density at radius 2 is 2.30 bits per heavy atom. The number of nitrogens with zero attached hydrogens (tertiary/aromatic N) is 3. The first-order chi connectivity index (χ1) is 4.61. The third kappa shape index (κ3) is 0.811. The van der Waals surface area contributed by atoms with Crippen LogP contribution in [0, 0.1) is 5.21 Å². The van der Waals surface area contributed by atoms with Crippen molar-refractivity contribution in [1.82, 2.24) is 15.0 Å². The van der Waals surface area contributed by atoms with Gasteiger partial charge in [0.2, 0.25) is 0 Å². The molecule has 0 aromatic carbocycles. The Morgan fingerprint density at radius 3 is 2.80 bits per heavy atom. The summed E-state index contributed by atoms with van der Waals surface area (Å²) >= 11 is 0. The van der Waals surface area contributed by atoms with E-state index in [1.165, 1.54) is 5.10 Å². The zero-order chi connectivity index (χ0) is 7.72. The van der Waals surface area contributed by atoms with Crippen LogP contribution in [0.3, 0.4) is 0 Å². The summed E-state index contributed by atoms with van der Waals surface area (Å²) in [5.41, 5.74) is -2.46. The van der Waals surface area contributed by atoms with Gasteiger partial charge in [-0.15, -0.1) is 0 Å². The molecule has 0 fully saturated rings. The second kappa shape index (κ2) is 1.83. The van der Waals surface area contributed by atoms with Gasteiger partial charge in [0.25, 0.3) is 0 Å². The molecule has 0 saturated heterocycles. The third-order valence-corrected chi connectivity index (χ3v) is 0.733. The van der Waals surface area contributed by atoms with E-state index < -0.39 is 16.2 Å². The predicted molar refractivity (Wildman–Crippen MR) is 25.3 cm³/mol. The standard InChI is InChI=1S/C2H2N4O4/c7-1-3-6(10)2(8)4-5(1)9/h9H,(H,4,8). The summed E-state index contributed by atoms with van der Waals surface area (Å²) in [6.45, 7) is 0. The van der Waals surface area contributed by atoms with E-state index in [1.807, 2.05) is 0 Å². The van der Waals surface area contributed by atoms with Crippen molar-refractivity contribution in [3.05, 3.63) is 26.2 Å². The lowest BCUT2D eigenvalue weighted by atomic mass is 11.2. The average molecular weight is 146 g/mol. The molecule has 0 saturated carbocycles. The molecule has 1 rings (SSSR count). The molecule has 0 aliphatic heterocycles. The Balaban J connectivity index is 3.59. The molecule has 0 bridgehead atoms. The second-order valence-electron chi connectivity index (χ2n) is 1.38. The zero-order valence-corrected chi connectivity index (χ0v) is 4.51. The molecule has 1 aromatic rings. The molecule has 54 valence electrons. The number of hydrogen-bond acceptors (Lipinski definition) is 5. The van der Waals surface area contributed by atoms with Crippen molar-refractivity contribution in [2.45, 2.75) is 0 Å². The Kier molecular flexibility index (Phi) is 1.14. The van der Waals surface area contributed by atoms with E-state index in [2.05, 4.69) is 5.10 Å². The Morgan fingerprint density at radius 1 is 1.70 bits per heavy atom. The minimum Gasteiger partial charge on any atom is -0.688 e. The largest absolute Gasteiger partial charge is 0.688 e. The van der Waals surface area contributed by atoms with Crippen LogP contribution >= 0.6 is 0 Å². The van der Waals surface area contributed by atoms with Gasteiger partial charge in [-0.1, -0.05) is 9.94 Å². The number of aromatic nitrogens is 4. The third-order valence-electron chi connectivity index (χ3n) is 0.733. The first kappa shape index (κ1) is 6.26. The van der Waals surface area contributed by atoms with Crippen LogP contribution in [-0.4, -0.2) is 20.2 Å². The smallest absolute Gasteiger partial charge is 0.542 e. The highest BCUT2D eigenvalue weighted by molar-refractivity contribution is 4.42. The van der Waals surface area contributed by atoms with Gasteiger partial charge in [-0.2, -0.15) is 4.79 Å². The van der Waals surface area contributed by atoms with Gasteiger partial charge in [0, 0.05) is 4.85 Å². The van der Waals surface area contributed by atoms with Crippen LogP contribution in [0.15, 0.2) is 9.59 Å². The van der Waals surface area contributed by atoms with Gasteiger partial charge in [0.15, 0.2) is 0 Å². The quantitative estimate of drug-likeness (QED) is 0.227. The summed E-state index contributed by atoms with van der Waals surface area (Å²) in [7, 11) is 0. The molecule has 1 heterocycles. The summed E-state index contributed by atoms with van der Waals surface area (Å²) in [6.07, 6.45) is 0. The molecule has 0 aliphatic rings. The number of rotatable bonds is 0. The highest BCUT2D eigenvalue weighted by Gasteiger charge is 2.02. The zero-order valence-electron chi connectivity index (χ0n) is 4.51. The van der Waals surface area contributed by atoms with Crippen molar-refractivity contribution in [3.8, 4) is 0 Å². The molecule has 0 amide bonds. The lowest BCUT2D eigenvalue weighted by molar-refractivity contribution is -0.691. The van der Waals surface area contributed by atoms with Crippen molar-refractivity contribution < 1.29 is 10.1 Å². The molecule has 10 heavy (non-hydrogen) atoms. The van der Waals surface area contributed by atoms with Crippen molar-refractivity contribution >= 4 is 0 Å². The van der Waals surface area contributed by atoms with E-state index >= 15 is 0 Å². The maximum Gasteiger partial charge on any atom is 0.542 e. The maximum absolute atomic E-state index is 10.2. The van der Waals surface area contributed by atoms with Crippen LogP contribution in [0.2, 0.25) is 0 Å². The average Bonchev–Trinajstić information content (AvgIpc) is 1.84. The number of aromatic amines is 1. The van der Waals surface area contributed by atoms with Crippen molar-refractivity contribution in [1.29, 1.82) is 0 Å². The van der Waals surface area contributed by atoms with Gasteiger partial charge in [0.05, 0.1) is 0 Å². The number of nitrogens with one attached hydrogen (secondary N) is 1. The normalized spacial score (nSPS) is 9.60. The Hall–Kier alpha value is -1.86. The van der Waals surface area contributed by atoms with E-state index in [4.69, 9.17) is 5.21 Å². The van der Waals surface area contributed by atoms with Crippen molar-refractivity contribution in [2.24, 2.45) is 0 Å². The SMILES string of the molecule is O=c1n[n+]([O-])c(=O)[nH]n1O. The first-order valence-corrected chi connectivity index (χ1v) is 2.14. The van der Waals surface area contributed by atoms with Crippen molar-refractivity contribution in [2.75, 3.05) is 0 Å². The molecular weight excluding hydrogens is 144 g/mol. The van der Waals surface area contributed by atoms with E-state index in [-0.39, 0.29) is 4.85 Å². The number of H-pyrrole nitrogens is 1. The van der Waals surface area contributed by atoms with Crippen molar-refractivity contribution in [3.63, 3.8) is 0 Å². The maximum atomic E-state index is 10.2. The van der Waals surface area contributed by atoms with Crippen LogP contribution in [0.4, 0.5) is 0 Å². The second-order valence-corrected chi connectivity index (χ2v) is 1.38. The number of hydrogen-bond donors (Lipinski definition) is 2. The molecule has 1 aromatic heterocycles. The molecule has 0 unspecified atom stereocenters. The summed E-state index contributed by atoms with van der Waals surface area (Å²) in [5.74, 6) is 0. The first-order valence-electron chi connectivity index (χ1n) is 2.14. The minimum atomic E-state index is -1.24. The fourth-order valence-electron chi connectivity index (χ4n) is 0.347. The fourth-order valence-corrected chi connectivity index (χ4v) is 0.347. The lowest BCUT2D eigenvalue weighted by Crippen LogP contribution is -2.56. The van der Waals surface area contributed by atoms with Crippen LogP contribution in [0.5, 0.6) is 0 Å². The topological polar surface area (TPSA) is 115 Å². The lowest BCUT2D eigenvalue weighted by Gasteiger charge is -1.92. The fraction of sp³-hybridized carbons (Fsp3) is 0. The predicted octanol–water partition coefficient (Wildman–Crippen LogP) is -3.20. The monoisotopic (exact) mass is 146 g/mol. The van der Waals surface area contributed by atoms with Crippen LogP contribution < -0.4 is 16.2 Å². The molecule has 0 radical (unpaired) electrons. The molecular formula is C2H2N4O4. The van der Waals surface area contributed by atoms with Crippen LogP contribution in [0.25, 0.3) is 0 Å².